The SMILES string of the molecule is CCOC(=O)/C=C(C)/C=C/C=C(\C)C#Cc1c(C)cc(O)c(C)c1C. The average molecular weight is 338 g/mol. The molecule has 0 amide bonds. The largest absolute Gasteiger partial charge is 0.508 e. The third-order valence-electron chi connectivity index (χ3n) is 3.79. The molecule has 1 aromatic carbocycles. The zero-order valence-electron chi connectivity index (χ0n) is 15.9. The Morgan fingerprint density at radius 1 is 1.24 bits per heavy atom. The quantitative estimate of drug-likeness (QED) is 0.375. The van der Waals surface area contributed by atoms with Crippen LogP contribution in [-0.2, 0) is 9.53 Å². The minimum atomic E-state index is -0.334. The van der Waals surface area contributed by atoms with E-state index in [-0.39, 0.29) is 5.97 Å². The lowest BCUT2D eigenvalue weighted by Crippen LogP contribution is -1.99. The summed E-state index contributed by atoms with van der Waals surface area (Å²) >= 11 is 0. The van der Waals surface area contributed by atoms with Crippen molar-refractivity contribution >= 4 is 5.97 Å². The predicted molar refractivity (Wildman–Crippen MR) is 102 cm³/mol. The number of rotatable bonds is 4. The van der Waals surface area contributed by atoms with Gasteiger partial charge in [0.1, 0.15) is 5.75 Å². The maximum Gasteiger partial charge on any atom is 0.330 e. The molecule has 0 aliphatic carbocycles. The maximum atomic E-state index is 11.3. The Balaban J connectivity index is 2.91. The van der Waals surface area contributed by atoms with Gasteiger partial charge in [-0.2, -0.15) is 0 Å². The van der Waals surface area contributed by atoms with Crippen LogP contribution in [0.3, 0.4) is 0 Å². The zero-order chi connectivity index (χ0) is 19.0. The van der Waals surface area contributed by atoms with E-state index in [2.05, 4.69) is 11.8 Å². The molecule has 25 heavy (non-hydrogen) atoms. The van der Waals surface area contributed by atoms with E-state index in [9.17, 15) is 9.90 Å². The Hall–Kier alpha value is -2.73. The highest BCUT2D eigenvalue weighted by molar-refractivity contribution is 5.83. The molecule has 0 saturated heterocycles. The number of carbonyl (C=O) groups is 1. The van der Waals surface area contributed by atoms with Crippen molar-refractivity contribution in [1.29, 1.82) is 0 Å². The molecule has 0 spiro atoms. The molecule has 0 aromatic heterocycles. The number of benzene rings is 1. The first kappa shape index (κ1) is 20.3. The molecule has 0 bridgehead atoms. The molecule has 0 aliphatic heterocycles. The van der Waals surface area contributed by atoms with Crippen LogP contribution in [0, 0.1) is 32.6 Å². The van der Waals surface area contributed by atoms with E-state index >= 15 is 0 Å². The van der Waals surface area contributed by atoms with Crippen LogP contribution < -0.4 is 0 Å². The van der Waals surface area contributed by atoms with Gasteiger partial charge in [0.25, 0.3) is 0 Å². The molecular formula is C22H26O3. The van der Waals surface area contributed by atoms with Gasteiger partial charge in [0.15, 0.2) is 0 Å². The molecule has 3 nitrogen and oxygen atoms in total. The van der Waals surface area contributed by atoms with Crippen molar-refractivity contribution in [3.05, 3.63) is 63.8 Å². The van der Waals surface area contributed by atoms with Gasteiger partial charge in [-0.05, 0) is 75.4 Å². The molecular weight excluding hydrogens is 312 g/mol. The summed E-state index contributed by atoms with van der Waals surface area (Å²) in [7, 11) is 0. The number of esters is 1. The van der Waals surface area contributed by atoms with Crippen LogP contribution in [0.15, 0.2) is 41.5 Å². The summed E-state index contributed by atoms with van der Waals surface area (Å²) in [4.78, 5) is 11.3. The number of hydrogen-bond donors (Lipinski definition) is 1. The van der Waals surface area contributed by atoms with E-state index in [1.165, 1.54) is 6.08 Å². The van der Waals surface area contributed by atoms with E-state index in [0.717, 1.165) is 33.4 Å². The fraction of sp³-hybridized carbons (Fsp3) is 0.318. The molecule has 132 valence electrons. The molecule has 1 N–H and O–H groups in total. The number of phenolic OH excluding ortho intramolecular Hbond substituents is 1. The Labute approximate surface area is 150 Å². The maximum absolute atomic E-state index is 11.3. The number of aromatic hydroxyl groups is 1. The summed E-state index contributed by atoms with van der Waals surface area (Å²) in [6.45, 7) is 11.7. The van der Waals surface area contributed by atoms with Gasteiger partial charge >= 0.3 is 5.97 Å². The second-order valence-electron chi connectivity index (χ2n) is 5.94. The minimum absolute atomic E-state index is 0.305. The van der Waals surface area contributed by atoms with Gasteiger partial charge in [-0.3, -0.25) is 0 Å². The highest BCUT2D eigenvalue weighted by Gasteiger charge is 2.07. The molecule has 0 heterocycles. The summed E-state index contributed by atoms with van der Waals surface area (Å²) < 4.78 is 4.86. The van der Waals surface area contributed by atoms with Crippen molar-refractivity contribution in [2.75, 3.05) is 6.61 Å². The van der Waals surface area contributed by atoms with Gasteiger partial charge in [0.05, 0.1) is 6.61 Å². The second-order valence-corrected chi connectivity index (χ2v) is 5.94. The van der Waals surface area contributed by atoms with Crippen LogP contribution in [-0.4, -0.2) is 17.7 Å². The summed E-state index contributed by atoms with van der Waals surface area (Å²) in [5.74, 6) is 6.28. The molecule has 0 fully saturated rings. The lowest BCUT2D eigenvalue weighted by molar-refractivity contribution is -0.137. The van der Waals surface area contributed by atoms with Crippen molar-refractivity contribution < 1.29 is 14.6 Å². The third kappa shape index (κ3) is 6.35. The first-order chi connectivity index (χ1) is 11.8. The van der Waals surface area contributed by atoms with Gasteiger partial charge in [-0.15, -0.1) is 0 Å². The lowest BCUT2D eigenvalue weighted by Gasteiger charge is -2.09. The average Bonchev–Trinajstić information content (AvgIpc) is 2.52. The van der Waals surface area contributed by atoms with Crippen LogP contribution in [0.25, 0.3) is 0 Å². The van der Waals surface area contributed by atoms with Crippen molar-refractivity contribution in [2.24, 2.45) is 0 Å². The van der Waals surface area contributed by atoms with Crippen LogP contribution in [0.5, 0.6) is 5.75 Å². The Morgan fingerprint density at radius 3 is 2.56 bits per heavy atom. The molecule has 1 aromatic rings. The number of carbonyl (C=O) groups excluding carboxylic acids is 1. The van der Waals surface area contributed by atoms with Crippen molar-refractivity contribution in [3.63, 3.8) is 0 Å². The van der Waals surface area contributed by atoms with Crippen LogP contribution in [0.1, 0.15) is 43.0 Å². The number of allylic oxidation sites excluding steroid dienone is 5. The van der Waals surface area contributed by atoms with Crippen LogP contribution in [0.4, 0.5) is 0 Å². The molecule has 0 aliphatic rings. The number of phenols is 1. The Bertz CT molecular complexity index is 797. The zero-order valence-corrected chi connectivity index (χ0v) is 15.9. The topological polar surface area (TPSA) is 46.5 Å². The van der Waals surface area contributed by atoms with E-state index in [0.29, 0.717) is 12.4 Å². The first-order valence-corrected chi connectivity index (χ1v) is 8.28. The number of ether oxygens (including phenoxy) is 1. The Morgan fingerprint density at radius 2 is 1.92 bits per heavy atom. The normalized spacial score (nSPS) is 12.1. The van der Waals surface area contributed by atoms with Crippen LogP contribution in [0.2, 0.25) is 0 Å². The van der Waals surface area contributed by atoms with Gasteiger partial charge in [-0.1, -0.05) is 30.1 Å². The smallest absolute Gasteiger partial charge is 0.330 e. The summed E-state index contributed by atoms with van der Waals surface area (Å²) in [5, 5.41) is 9.84. The Kier molecular flexibility index (Phi) is 7.75. The second kappa shape index (κ2) is 9.54. The third-order valence-corrected chi connectivity index (χ3v) is 3.79. The van der Waals surface area contributed by atoms with Gasteiger partial charge < -0.3 is 9.84 Å². The number of hydrogen-bond acceptors (Lipinski definition) is 3. The van der Waals surface area contributed by atoms with Crippen LogP contribution >= 0.6 is 0 Å². The molecule has 0 atom stereocenters. The van der Waals surface area contributed by atoms with Crippen molar-refractivity contribution in [2.45, 2.75) is 41.5 Å². The monoisotopic (exact) mass is 338 g/mol. The molecule has 1 rings (SSSR count). The van der Waals surface area contributed by atoms with E-state index < -0.39 is 0 Å². The van der Waals surface area contributed by atoms with Crippen molar-refractivity contribution in [3.8, 4) is 17.6 Å². The fourth-order valence-electron chi connectivity index (χ4n) is 2.22. The standard InChI is InChI=1S/C22H26O3/c1-7-25-22(24)13-16(3)10-8-9-15(2)11-12-20-17(4)14-21(23)19(6)18(20)5/h8-10,13-14,23H,7H2,1-6H3/b10-8+,15-9+,16-13+. The fourth-order valence-corrected chi connectivity index (χ4v) is 2.22. The molecule has 0 saturated carbocycles. The van der Waals surface area contributed by atoms with E-state index in [1.807, 2.05) is 52.8 Å². The lowest BCUT2D eigenvalue weighted by atomic mass is 9.97. The summed E-state index contributed by atoms with van der Waals surface area (Å²) in [6.07, 6.45) is 7.05. The highest BCUT2D eigenvalue weighted by atomic mass is 16.5. The summed E-state index contributed by atoms with van der Waals surface area (Å²) in [5.41, 5.74) is 5.49. The first-order valence-electron chi connectivity index (χ1n) is 8.28. The number of aryl methyl sites for hydroxylation is 1. The molecule has 0 radical (unpaired) electrons. The van der Waals surface area contributed by atoms with Gasteiger partial charge in [-0.25, -0.2) is 4.79 Å². The predicted octanol–water partition coefficient (Wildman–Crippen LogP) is 4.68. The van der Waals surface area contributed by atoms with Crippen molar-refractivity contribution in [1.82, 2.24) is 0 Å². The minimum Gasteiger partial charge on any atom is -0.508 e. The van der Waals surface area contributed by atoms with E-state index in [4.69, 9.17) is 4.74 Å². The van der Waals surface area contributed by atoms with Gasteiger partial charge in [0, 0.05) is 11.6 Å². The highest BCUT2D eigenvalue weighted by Crippen LogP contribution is 2.25. The van der Waals surface area contributed by atoms with Gasteiger partial charge in [0.2, 0.25) is 0 Å². The molecule has 0 unspecified atom stereocenters. The van der Waals surface area contributed by atoms with E-state index in [1.54, 1.807) is 13.0 Å². The molecule has 3 heteroatoms. The summed E-state index contributed by atoms with van der Waals surface area (Å²) in [6, 6.07) is 1.74.